The number of pyridine rings is 1. The lowest BCUT2D eigenvalue weighted by atomic mass is 9.97. The Hall–Kier alpha value is -1.70. The van der Waals surface area contributed by atoms with Crippen LogP contribution in [0.25, 0.3) is 0 Å². The highest BCUT2D eigenvalue weighted by atomic mass is 35.5. The Kier molecular flexibility index (Phi) is 7.16. The summed E-state index contributed by atoms with van der Waals surface area (Å²) in [6.07, 6.45) is 5.24. The van der Waals surface area contributed by atoms with Gasteiger partial charge in [-0.25, -0.2) is 0 Å². The van der Waals surface area contributed by atoms with Crippen molar-refractivity contribution in [3.8, 4) is 0 Å². The average molecular weight is 368 g/mol. The molecule has 0 aliphatic carbocycles. The van der Waals surface area contributed by atoms with E-state index in [2.05, 4.69) is 15.2 Å². The number of rotatable bonds is 4. The highest BCUT2D eigenvalue weighted by molar-refractivity contribution is 5.85. The minimum atomic E-state index is -0.303. The Bertz CT molecular complexity index is 586. The van der Waals surface area contributed by atoms with Gasteiger partial charge in [-0.15, -0.1) is 12.4 Å². The van der Waals surface area contributed by atoms with Crippen molar-refractivity contribution < 1.29 is 9.59 Å². The number of carbonyl (C=O) groups is 2. The Morgan fingerprint density at radius 2 is 2.20 bits per heavy atom. The van der Waals surface area contributed by atoms with Crippen LogP contribution in [0.4, 0.5) is 0 Å². The number of nitrogens with zero attached hydrogens (tertiary/aromatic N) is 3. The molecule has 1 aromatic heterocycles. The first-order chi connectivity index (χ1) is 11.6. The van der Waals surface area contributed by atoms with Gasteiger partial charge in [0.2, 0.25) is 11.8 Å². The summed E-state index contributed by atoms with van der Waals surface area (Å²) in [5, 5.41) is 3.38. The van der Waals surface area contributed by atoms with Crippen molar-refractivity contribution in [1.82, 2.24) is 20.1 Å². The first-order valence-electron chi connectivity index (χ1n) is 8.57. The lowest BCUT2D eigenvalue weighted by Gasteiger charge is -2.38. The standard InChI is InChI=1S/C17H25N5O2.ClH/c18-17(24)14-4-2-7-22(11-14)16(23)12-21-8-6-20-10-15(21)13-3-1-5-19-9-13;/h1,3,5,9,14-15,20H,2,4,6-8,10-12H2,(H2,18,24);1H. The third kappa shape index (κ3) is 4.90. The van der Waals surface area contributed by atoms with Crippen LogP contribution in [0, 0.1) is 5.92 Å². The number of nitrogens with two attached hydrogens (primary N) is 1. The van der Waals surface area contributed by atoms with Gasteiger partial charge in [-0.1, -0.05) is 6.07 Å². The maximum absolute atomic E-state index is 12.7. The van der Waals surface area contributed by atoms with Gasteiger partial charge in [0.1, 0.15) is 0 Å². The summed E-state index contributed by atoms with van der Waals surface area (Å²) >= 11 is 0. The number of carbonyl (C=O) groups excluding carboxylic acids is 2. The molecule has 2 aliphatic rings. The molecule has 3 rings (SSSR count). The average Bonchev–Trinajstić information content (AvgIpc) is 2.63. The van der Waals surface area contributed by atoms with Gasteiger partial charge in [-0.2, -0.15) is 0 Å². The van der Waals surface area contributed by atoms with Crippen LogP contribution < -0.4 is 11.1 Å². The zero-order valence-corrected chi connectivity index (χ0v) is 15.1. The lowest BCUT2D eigenvalue weighted by molar-refractivity contribution is -0.136. The molecule has 0 spiro atoms. The van der Waals surface area contributed by atoms with Crippen LogP contribution >= 0.6 is 12.4 Å². The molecule has 2 aliphatic heterocycles. The van der Waals surface area contributed by atoms with Crippen molar-refractivity contribution in [3.05, 3.63) is 30.1 Å². The molecule has 3 N–H and O–H groups in total. The van der Waals surface area contributed by atoms with E-state index in [9.17, 15) is 9.59 Å². The summed E-state index contributed by atoms with van der Waals surface area (Å²) in [6.45, 7) is 4.03. The van der Waals surface area contributed by atoms with Crippen LogP contribution in [0.5, 0.6) is 0 Å². The molecule has 8 heteroatoms. The molecule has 138 valence electrons. The molecule has 0 bridgehead atoms. The molecular weight excluding hydrogens is 342 g/mol. The van der Waals surface area contributed by atoms with E-state index in [1.165, 1.54) is 0 Å². The van der Waals surface area contributed by atoms with Crippen LogP contribution in [0.2, 0.25) is 0 Å². The molecule has 0 radical (unpaired) electrons. The quantitative estimate of drug-likeness (QED) is 0.791. The summed E-state index contributed by atoms with van der Waals surface area (Å²) in [5.74, 6) is -0.431. The number of piperazine rings is 1. The number of amides is 2. The van der Waals surface area contributed by atoms with Crippen LogP contribution in [0.1, 0.15) is 24.4 Å². The van der Waals surface area contributed by atoms with Gasteiger partial charge in [-0.05, 0) is 24.5 Å². The Morgan fingerprint density at radius 3 is 2.92 bits per heavy atom. The van der Waals surface area contributed by atoms with E-state index in [1.54, 1.807) is 11.1 Å². The number of likely N-dealkylation sites (tertiary alicyclic amines) is 1. The molecule has 3 heterocycles. The summed E-state index contributed by atoms with van der Waals surface area (Å²) < 4.78 is 0. The van der Waals surface area contributed by atoms with E-state index < -0.39 is 0 Å². The third-order valence-electron chi connectivity index (χ3n) is 4.94. The fraction of sp³-hybridized carbons (Fsp3) is 0.588. The molecule has 2 atom stereocenters. The third-order valence-corrected chi connectivity index (χ3v) is 4.94. The van der Waals surface area contributed by atoms with Crippen LogP contribution in [-0.2, 0) is 9.59 Å². The maximum Gasteiger partial charge on any atom is 0.236 e. The molecule has 2 fully saturated rings. The number of halogens is 1. The highest BCUT2D eigenvalue weighted by Crippen LogP contribution is 2.22. The highest BCUT2D eigenvalue weighted by Gasteiger charge is 2.30. The van der Waals surface area contributed by atoms with E-state index in [0.29, 0.717) is 19.6 Å². The molecule has 2 amide bonds. The van der Waals surface area contributed by atoms with Gasteiger partial charge in [0, 0.05) is 51.2 Å². The molecule has 7 nitrogen and oxygen atoms in total. The first-order valence-corrected chi connectivity index (χ1v) is 8.57. The second-order valence-electron chi connectivity index (χ2n) is 6.56. The summed E-state index contributed by atoms with van der Waals surface area (Å²) in [5.41, 5.74) is 6.53. The van der Waals surface area contributed by atoms with Crippen LogP contribution in [0.15, 0.2) is 24.5 Å². The first kappa shape index (κ1) is 19.6. The molecule has 1 aromatic rings. The Morgan fingerprint density at radius 1 is 1.36 bits per heavy atom. The fourth-order valence-corrected chi connectivity index (χ4v) is 3.55. The van der Waals surface area contributed by atoms with Gasteiger partial charge in [0.05, 0.1) is 12.5 Å². The zero-order chi connectivity index (χ0) is 16.9. The van der Waals surface area contributed by atoms with E-state index in [4.69, 9.17) is 5.73 Å². The predicted octanol–water partition coefficient (Wildman–Crippen LogP) is 0.174. The number of primary amides is 1. The summed E-state index contributed by atoms with van der Waals surface area (Å²) in [7, 11) is 0. The van der Waals surface area contributed by atoms with Gasteiger partial charge >= 0.3 is 0 Å². The zero-order valence-electron chi connectivity index (χ0n) is 14.3. The molecule has 2 saturated heterocycles. The number of hydrogen-bond donors (Lipinski definition) is 2. The normalized spacial score (nSPS) is 24.4. The lowest BCUT2D eigenvalue weighted by Crippen LogP contribution is -2.52. The van der Waals surface area contributed by atoms with Crippen molar-refractivity contribution in [2.75, 3.05) is 39.3 Å². The van der Waals surface area contributed by atoms with E-state index in [-0.39, 0.29) is 36.2 Å². The topological polar surface area (TPSA) is 91.6 Å². The van der Waals surface area contributed by atoms with Gasteiger partial charge in [0.15, 0.2) is 0 Å². The van der Waals surface area contributed by atoms with Crippen LogP contribution in [0.3, 0.4) is 0 Å². The van der Waals surface area contributed by atoms with Crippen molar-refractivity contribution in [3.63, 3.8) is 0 Å². The van der Waals surface area contributed by atoms with Crippen molar-refractivity contribution in [1.29, 1.82) is 0 Å². The Balaban J connectivity index is 0.00000225. The SMILES string of the molecule is Cl.NC(=O)C1CCCN(C(=O)CN2CCNCC2c2cccnc2)C1. The monoisotopic (exact) mass is 367 g/mol. The fourth-order valence-electron chi connectivity index (χ4n) is 3.55. The minimum Gasteiger partial charge on any atom is -0.369 e. The number of nitrogens with one attached hydrogen (secondary N) is 1. The summed E-state index contributed by atoms with van der Waals surface area (Å²) in [6, 6.07) is 4.12. The van der Waals surface area contributed by atoms with Gasteiger partial charge in [-0.3, -0.25) is 19.5 Å². The smallest absolute Gasteiger partial charge is 0.236 e. The number of piperidine rings is 1. The molecule has 0 saturated carbocycles. The Labute approximate surface area is 154 Å². The minimum absolute atomic E-state index is 0. The second-order valence-corrected chi connectivity index (χ2v) is 6.56. The van der Waals surface area contributed by atoms with Crippen molar-refractivity contribution in [2.24, 2.45) is 11.7 Å². The molecule has 25 heavy (non-hydrogen) atoms. The number of aromatic nitrogens is 1. The molecular formula is C17H26ClN5O2. The molecule has 0 aromatic carbocycles. The van der Waals surface area contributed by atoms with E-state index in [0.717, 1.165) is 38.0 Å². The largest absolute Gasteiger partial charge is 0.369 e. The second kappa shape index (κ2) is 9.12. The van der Waals surface area contributed by atoms with E-state index >= 15 is 0 Å². The van der Waals surface area contributed by atoms with Crippen LogP contribution in [-0.4, -0.2) is 65.9 Å². The van der Waals surface area contributed by atoms with Crippen molar-refractivity contribution in [2.45, 2.75) is 18.9 Å². The van der Waals surface area contributed by atoms with Crippen molar-refractivity contribution >= 4 is 24.2 Å². The maximum atomic E-state index is 12.7. The van der Waals surface area contributed by atoms with Gasteiger partial charge in [0.25, 0.3) is 0 Å². The summed E-state index contributed by atoms with van der Waals surface area (Å²) in [4.78, 5) is 32.3. The van der Waals surface area contributed by atoms with Gasteiger partial charge < -0.3 is 16.0 Å². The predicted molar refractivity (Wildman–Crippen MR) is 97.2 cm³/mol. The molecule has 2 unspecified atom stereocenters. The number of hydrogen-bond acceptors (Lipinski definition) is 5. The van der Waals surface area contributed by atoms with E-state index in [1.807, 2.05) is 18.3 Å².